The van der Waals surface area contributed by atoms with E-state index in [9.17, 15) is 29.4 Å². The van der Waals surface area contributed by atoms with E-state index >= 15 is 0 Å². The van der Waals surface area contributed by atoms with Crippen molar-refractivity contribution in [2.45, 2.75) is 0 Å². The molecule has 0 atom stereocenters. The second-order valence-electron chi connectivity index (χ2n) is 7.49. The zero-order valence-electron chi connectivity index (χ0n) is 16.9. The predicted octanol–water partition coefficient (Wildman–Crippen LogP) is 4.10. The summed E-state index contributed by atoms with van der Waals surface area (Å²) >= 11 is 0. The molecule has 0 fully saturated rings. The number of carbonyl (C=O) groups is 4. The Bertz CT molecular complexity index is 1490. The van der Waals surface area contributed by atoms with E-state index in [0.717, 1.165) is 39.4 Å². The minimum Gasteiger partial charge on any atom is -0.478 e. The predicted molar refractivity (Wildman–Crippen MR) is 119 cm³/mol. The van der Waals surface area contributed by atoms with Crippen molar-refractivity contribution >= 4 is 40.2 Å². The molecule has 1 aliphatic rings. The first-order valence-corrected chi connectivity index (χ1v) is 9.83. The van der Waals surface area contributed by atoms with Crippen LogP contribution in [0.15, 0.2) is 73.1 Å². The third-order valence-corrected chi connectivity index (χ3v) is 5.55. The number of pyridine rings is 1. The van der Waals surface area contributed by atoms with Gasteiger partial charge in [-0.2, -0.15) is 0 Å². The Morgan fingerprint density at radius 2 is 1.45 bits per heavy atom. The fourth-order valence-electron chi connectivity index (χ4n) is 4.00. The number of fused-ring (bicyclic) bond motifs is 2. The molecular formula is C25H14N2O6. The monoisotopic (exact) mass is 438 g/mol. The van der Waals surface area contributed by atoms with E-state index < -0.39 is 23.8 Å². The lowest BCUT2D eigenvalue weighted by Crippen LogP contribution is -2.29. The first-order chi connectivity index (χ1) is 15.8. The molecule has 0 saturated heterocycles. The highest BCUT2D eigenvalue weighted by Crippen LogP contribution is 2.34. The summed E-state index contributed by atoms with van der Waals surface area (Å²) in [6, 6.07) is 15.6. The van der Waals surface area contributed by atoms with Gasteiger partial charge in [-0.1, -0.05) is 24.3 Å². The van der Waals surface area contributed by atoms with Gasteiger partial charge < -0.3 is 10.2 Å². The minimum absolute atomic E-state index is 0.116. The van der Waals surface area contributed by atoms with Crippen molar-refractivity contribution in [3.8, 4) is 11.1 Å². The summed E-state index contributed by atoms with van der Waals surface area (Å²) in [5.41, 5.74) is 1.05. The average Bonchev–Trinajstić information content (AvgIpc) is 3.07. The van der Waals surface area contributed by atoms with E-state index in [1.807, 2.05) is 24.3 Å². The maximum absolute atomic E-state index is 13.2. The molecule has 0 aliphatic carbocycles. The van der Waals surface area contributed by atoms with Crippen LogP contribution in [0.4, 0.5) is 5.69 Å². The van der Waals surface area contributed by atoms with Gasteiger partial charge in [0.1, 0.15) is 0 Å². The molecule has 1 aliphatic heterocycles. The highest BCUT2D eigenvalue weighted by Gasteiger charge is 2.37. The van der Waals surface area contributed by atoms with Crippen LogP contribution in [0.1, 0.15) is 41.4 Å². The summed E-state index contributed by atoms with van der Waals surface area (Å²) in [6.45, 7) is 0. The summed E-state index contributed by atoms with van der Waals surface area (Å²) in [4.78, 5) is 54.1. The van der Waals surface area contributed by atoms with Crippen LogP contribution in [0.25, 0.3) is 21.9 Å². The van der Waals surface area contributed by atoms with E-state index in [1.165, 1.54) is 0 Å². The number of hydrogen-bond acceptors (Lipinski definition) is 5. The average molecular weight is 438 g/mol. The lowest BCUT2D eigenvalue weighted by molar-refractivity contribution is 0.0695. The van der Waals surface area contributed by atoms with Crippen LogP contribution in [-0.2, 0) is 0 Å². The van der Waals surface area contributed by atoms with Crippen molar-refractivity contribution in [2.24, 2.45) is 0 Å². The number of rotatable bonds is 4. The van der Waals surface area contributed by atoms with Crippen molar-refractivity contribution in [1.82, 2.24) is 4.98 Å². The Kier molecular flexibility index (Phi) is 4.49. The van der Waals surface area contributed by atoms with Crippen LogP contribution >= 0.6 is 0 Å². The molecule has 0 unspecified atom stereocenters. The van der Waals surface area contributed by atoms with Crippen LogP contribution in [0.3, 0.4) is 0 Å². The van der Waals surface area contributed by atoms with Gasteiger partial charge >= 0.3 is 11.9 Å². The first-order valence-electron chi connectivity index (χ1n) is 9.83. The Morgan fingerprint density at radius 1 is 0.758 bits per heavy atom. The third-order valence-electron chi connectivity index (χ3n) is 5.55. The van der Waals surface area contributed by atoms with Crippen molar-refractivity contribution in [3.05, 3.63) is 95.3 Å². The quantitative estimate of drug-likeness (QED) is 0.460. The number of amides is 2. The van der Waals surface area contributed by atoms with E-state index in [1.54, 1.807) is 30.6 Å². The fraction of sp³-hybridized carbons (Fsp3) is 0. The zero-order valence-corrected chi connectivity index (χ0v) is 16.9. The number of anilines is 1. The number of benzene rings is 3. The number of imide groups is 1. The molecular weight excluding hydrogens is 424 g/mol. The second kappa shape index (κ2) is 7.38. The molecule has 2 heterocycles. The van der Waals surface area contributed by atoms with Gasteiger partial charge in [0.05, 0.1) is 27.9 Å². The molecule has 33 heavy (non-hydrogen) atoms. The fourth-order valence-corrected chi connectivity index (χ4v) is 4.00. The molecule has 0 radical (unpaired) electrons. The summed E-state index contributed by atoms with van der Waals surface area (Å²) < 4.78 is 0. The summed E-state index contributed by atoms with van der Waals surface area (Å²) in [7, 11) is 0. The molecule has 5 rings (SSSR count). The second-order valence-corrected chi connectivity index (χ2v) is 7.49. The molecule has 2 N–H and O–H groups in total. The molecule has 3 aromatic carbocycles. The molecule has 0 saturated carbocycles. The van der Waals surface area contributed by atoms with Gasteiger partial charge in [-0.15, -0.1) is 0 Å². The Balaban J connectivity index is 1.62. The van der Waals surface area contributed by atoms with Crippen LogP contribution < -0.4 is 4.90 Å². The SMILES string of the molecule is O=C(O)c1cc(C(=O)O)cc(N2C(=O)c3ccc(-c4cccc5ccncc45)cc3C2=O)c1. The lowest BCUT2D eigenvalue weighted by Gasteiger charge is -2.15. The van der Waals surface area contributed by atoms with E-state index in [0.29, 0.717) is 5.56 Å². The van der Waals surface area contributed by atoms with Gasteiger partial charge in [0.2, 0.25) is 0 Å². The number of nitrogens with zero attached hydrogens (tertiary/aromatic N) is 2. The van der Waals surface area contributed by atoms with Gasteiger partial charge in [0.25, 0.3) is 11.8 Å². The third kappa shape index (κ3) is 3.21. The minimum atomic E-state index is -1.37. The van der Waals surface area contributed by atoms with Gasteiger partial charge in [-0.05, 0) is 52.9 Å². The van der Waals surface area contributed by atoms with Crippen LogP contribution in [0, 0.1) is 0 Å². The number of carboxylic acids is 2. The van der Waals surface area contributed by atoms with Crippen molar-refractivity contribution < 1.29 is 29.4 Å². The number of hydrogen-bond donors (Lipinski definition) is 2. The Hall–Kier alpha value is -4.85. The maximum Gasteiger partial charge on any atom is 0.335 e. The normalized spacial score (nSPS) is 12.8. The van der Waals surface area contributed by atoms with E-state index in [4.69, 9.17) is 0 Å². The highest BCUT2D eigenvalue weighted by molar-refractivity contribution is 6.35. The highest BCUT2D eigenvalue weighted by atomic mass is 16.4. The Labute approximate surface area is 186 Å². The van der Waals surface area contributed by atoms with Crippen LogP contribution in [-0.4, -0.2) is 39.0 Å². The van der Waals surface area contributed by atoms with Gasteiger partial charge in [0, 0.05) is 17.8 Å². The van der Waals surface area contributed by atoms with Crippen LogP contribution in [0.5, 0.6) is 0 Å². The molecule has 1 aromatic heterocycles. The van der Waals surface area contributed by atoms with Crippen molar-refractivity contribution in [3.63, 3.8) is 0 Å². The summed E-state index contributed by atoms with van der Waals surface area (Å²) in [6.07, 6.45) is 3.41. The maximum atomic E-state index is 13.2. The summed E-state index contributed by atoms with van der Waals surface area (Å²) in [5.74, 6) is -4.06. The molecule has 8 heteroatoms. The molecule has 0 spiro atoms. The van der Waals surface area contributed by atoms with Crippen molar-refractivity contribution in [1.29, 1.82) is 0 Å². The zero-order chi connectivity index (χ0) is 23.3. The first kappa shape index (κ1) is 20.1. The Morgan fingerprint density at radius 3 is 2.15 bits per heavy atom. The van der Waals surface area contributed by atoms with E-state index in [2.05, 4.69) is 4.98 Å². The number of carbonyl (C=O) groups excluding carboxylic acids is 2. The molecule has 0 bridgehead atoms. The lowest BCUT2D eigenvalue weighted by atomic mass is 9.96. The van der Waals surface area contributed by atoms with Gasteiger partial charge in [-0.3, -0.25) is 14.6 Å². The topological polar surface area (TPSA) is 125 Å². The van der Waals surface area contributed by atoms with E-state index in [-0.39, 0.29) is 27.9 Å². The summed E-state index contributed by atoms with van der Waals surface area (Å²) in [5, 5.41) is 20.5. The largest absolute Gasteiger partial charge is 0.478 e. The standard InChI is InChI=1S/C25H14N2O6/c28-22-19-5-4-14(18-3-1-2-13-6-7-26-12-21(13)18)11-20(19)23(29)27(22)17-9-15(24(30)31)8-16(10-17)25(32)33/h1-12H,(H,30,31)(H,32,33). The smallest absolute Gasteiger partial charge is 0.335 e. The molecule has 160 valence electrons. The number of aromatic nitrogens is 1. The molecule has 2 amide bonds. The van der Waals surface area contributed by atoms with Crippen molar-refractivity contribution in [2.75, 3.05) is 4.90 Å². The molecule has 8 nitrogen and oxygen atoms in total. The van der Waals surface area contributed by atoms with Crippen LogP contribution in [0.2, 0.25) is 0 Å². The number of carboxylic acid groups (broad SMARTS) is 2. The number of aromatic carboxylic acids is 2. The van der Waals surface area contributed by atoms with Gasteiger partial charge in [0.15, 0.2) is 0 Å². The molecule has 4 aromatic rings. The van der Waals surface area contributed by atoms with Gasteiger partial charge in [-0.25, -0.2) is 14.5 Å².